The van der Waals surface area contributed by atoms with Gasteiger partial charge in [-0.25, -0.2) is 0 Å². The molecule has 0 fully saturated rings. The second-order valence-electron chi connectivity index (χ2n) is 6.91. The van der Waals surface area contributed by atoms with E-state index in [-0.39, 0.29) is 20.1 Å². The van der Waals surface area contributed by atoms with Crippen molar-refractivity contribution in [1.82, 2.24) is 19.9 Å². The molecule has 0 atom stereocenters. The van der Waals surface area contributed by atoms with E-state index in [1.807, 2.05) is 78.9 Å². The third-order valence-electron chi connectivity index (χ3n) is 4.87. The SMILES string of the molecule is [Ir].[c-]1ccccc1-c1ccccn1.c1ccc(-c2nc3c(ccc4ccccc43)[n-]2)nc1. The largest absolute Gasteiger partial charge is 0.434 e. The predicted octanol–water partition coefficient (Wildman–Crippen LogP) is 5.95. The summed E-state index contributed by atoms with van der Waals surface area (Å²) in [6.45, 7) is 0. The van der Waals surface area contributed by atoms with Crippen molar-refractivity contribution in [2.75, 3.05) is 0 Å². The number of benzene rings is 3. The van der Waals surface area contributed by atoms with E-state index < -0.39 is 0 Å². The van der Waals surface area contributed by atoms with Gasteiger partial charge in [0, 0.05) is 32.5 Å². The van der Waals surface area contributed by atoms with E-state index in [0.29, 0.717) is 5.82 Å². The molecule has 0 N–H and O–H groups in total. The first kappa shape index (κ1) is 21.6. The van der Waals surface area contributed by atoms with Gasteiger partial charge >= 0.3 is 0 Å². The Morgan fingerprint density at radius 1 is 0.656 bits per heavy atom. The maximum Gasteiger partial charge on any atom is 0.0620 e. The maximum absolute atomic E-state index is 4.64. The Morgan fingerprint density at radius 2 is 1.38 bits per heavy atom. The third kappa shape index (κ3) is 4.65. The van der Waals surface area contributed by atoms with Crippen molar-refractivity contribution in [3.63, 3.8) is 0 Å². The molecule has 0 saturated carbocycles. The molecule has 0 aliphatic heterocycles. The van der Waals surface area contributed by atoms with Crippen molar-refractivity contribution < 1.29 is 20.1 Å². The Kier molecular flexibility index (Phi) is 6.81. The molecular weight excluding hydrogens is 573 g/mol. The molecule has 5 heteroatoms. The summed E-state index contributed by atoms with van der Waals surface area (Å²) in [5, 5.41) is 2.32. The monoisotopic (exact) mass is 591 g/mol. The number of rotatable bonds is 2. The second-order valence-corrected chi connectivity index (χ2v) is 6.91. The van der Waals surface area contributed by atoms with E-state index in [1.165, 1.54) is 5.39 Å². The smallest absolute Gasteiger partial charge is 0.0620 e. The van der Waals surface area contributed by atoms with Gasteiger partial charge in [0.25, 0.3) is 0 Å². The summed E-state index contributed by atoms with van der Waals surface area (Å²) < 4.78 is 0. The fraction of sp³-hybridized carbons (Fsp3) is 0. The van der Waals surface area contributed by atoms with Crippen molar-refractivity contribution in [2.24, 2.45) is 0 Å². The number of fused-ring (bicyclic) bond motifs is 3. The van der Waals surface area contributed by atoms with Gasteiger partial charge in [0.1, 0.15) is 0 Å². The third-order valence-corrected chi connectivity index (χ3v) is 4.87. The van der Waals surface area contributed by atoms with Gasteiger partial charge in [-0.15, -0.1) is 35.9 Å². The van der Waals surface area contributed by atoms with Crippen LogP contribution in [-0.4, -0.2) is 15.0 Å². The first-order chi connectivity index (χ1) is 15.4. The van der Waals surface area contributed by atoms with Crippen molar-refractivity contribution >= 4 is 21.8 Å². The van der Waals surface area contributed by atoms with E-state index in [1.54, 1.807) is 12.4 Å². The molecule has 3 aromatic heterocycles. The summed E-state index contributed by atoms with van der Waals surface area (Å²) in [5.74, 6) is 0.687. The predicted molar refractivity (Wildman–Crippen MR) is 124 cm³/mol. The minimum atomic E-state index is 0. The van der Waals surface area contributed by atoms with Crippen molar-refractivity contribution in [2.45, 2.75) is 0 Å². The van der Waals surface area contributed by atoms with E-state index in [9.17, 15) is 0 Å². The van der Waals surface area contributed by atoms with Crippen LogP contribution in [0.1, 0.15) is 0 Å². The first-order valence-electron chi connectivity index (χ1n) is 10.0. The number of pyridine rings is 2. The summed E-state index contributed by atoms with van der Waals surface area (Å²) in [5.41, 5.74) is 4.68. The van der Waals surface area contributed by atoms with Gasteiger partial charge in [0.15, 0.2) is 0 Å². The minimum absolute atomic E-state index is 0. The molecule has 0 aliphatic rings. The molecule has 0 bridgehead atoms. The number of nitrogens with zero attached hydrogens (tertiary/aromatic N) is 4. The summed E-state index contributed by atoms with van der Waals surface area (Å²) in [4.78, 5) is 17.7. The van der Waals surface area contributed by atoms with Crippen LogP contribution in [0.3, 0.4) is 0 Å². The zero-order chi connectivity index (χ0) is 20.9. The molecule has 0 amide bonds. The fourth-order valence-electron chi connectivity index (χ4n) is 3.38. The molecule has 0 aliphatic carbocycles. The van der Waals surface area contributed by atoms with Crippen molar-refractivity contribution in [1.29, 1.82) is 0 Å². The van der Waals surface area contributed by atoms with Gasteiger partial charge in [0.05, 0.1) is 5.69 Å². The van der Waals surface area contributed by atoms with Crippen LogP contribution in [0.2, 0.25) is 0 Å². The standard InChI is InChI=1S/C16H10N3.C11H8N.Ir/c1-2-6-12-11(5-1)8-9-13-15(12)19-16(18-13)14-7-3-4-10-17-14;1-2-6-10(7-3-1)11-8-4-5-9-12-11;/h1-10H;1-6,8-9H;/q2*-1;. The Labute approximate surface area is 199 Å². The maximum atomic E-state index is 4.64. The molecule has 0 spiro atoms. The van der Waals surface area contributed by atoms with E-state index in [0.717, 1.165) is 33.4 Å². The molecule has 6 rings (SSSR count). The topological polar surface area (TPSA) is 52.8 Å². The van der Waals surface area contributed by atoms with Crippen LogP contribution < -0.4 is 4.98 Å². The molecule has 32 heavy (non-hydrogen) atoms. The van der Waals surface area contributed by atoms with Crippen LogP contribution in [0.25, 0.3) is 44.6 Å². The Morgan fingerprint density at radius 3 is 2.09 bits per heavy atom. The van der Waals surface area contributed by atoms with Gasteiger partial charge in [-0.3, -0.25) is 4.98 Å². The van der Waals surface area contributed by atoms with Gasteiger partial charge in [-0.2, -0.15) is 0 Å². The molecular formula is C27H18IrN4-2. The van der Waals surface area contributed by atoms with Crippen LogP contribution >= 0.6 is 0 Å². The number of imidazole rings is 1. The number of aromatic nitrogens is 4. The van der Waals surface area contributed by atoms with E-state index in [2.05, 4.69) is 44.2 Å². The van der Waals surface area contributed by atoms with Gasteiger partial charge in [-0.1, -0.05) is 54.6 Å². The van der Waals surface area contributed by atoms with Gasteiger partial charge < -0.3 is 15.0 Å². The van der Waals surface area contributed by atoms with Crippen LogP contribution in [0.5, 0.6) is 0 Å². The fourth-order valence-corrected chi connectivity index (χ4v) is 3.38. The van der Waals surface area contributed by atoms with Crippen molar-refractivity contribution in [3.8, 4) is 22.8 Å². The number of hydrogen-bond acceptors (Lipinski definition) is 3. The molecule has 3 heterocycles. The van der Waals surface area contributed by atoms with Crippen molar-refractivity contribution in [3.05, 3.63) is 116 Å². The average Bonchev–Trinajstić information content (AvgIpc) is 3.31. The molecule has 3 aromatic carbocycles. The van der Waals surface area contributed by atoms with Crippen LogP contribution in [0, 0.1) is 6.07 Å². The Hall–Kier alpha value is -3.66. The quantitative estimate of drug-likeness (QED) is 0.234. The Bertz CT molecular complexity index is 1380. The summed E-state index contributed by atoms with van der Waals surface area (Å²) >= 11 is 0. The normalized spacial score (nSPS) is 10.2. The average molecular weight is 591 g/mol. The van der Waals surface area contributed by atoms with Gasteiger partial charge in [0.2, 0.25) is 0 Å². The van der Waals surface area contributed by atoms with E-state index >= 15 is 0 Å². The molecule has 0 unspecified atom stereocenters. The molecule has 157 valence electrons. The minimum Gasteiger partial charge on any atom is -0.434 e. The van der Waals surface area contributed by atoms with Crippen LogP contribution in [-0.2, 0) is 20.1 Å². The summed E-state index contributed by atoms with van der Waals surface area (Å²) in [6.07, 6.45) is 3.55. The number of hydrogen-bond donors (Lipinski definition) is 0. The molecule has 4 nitrogen and oxygen atoms in total. The molecule has 6 aromatic rings. The van der Waals surface area contributed by atoms with E-state index in [4.69, 9.17) is 0 Å². The zero-order valence-electron chi connectivity index (χ0n) is 17.0. The van der Waals surface area contributed by atoms with Gasteiger partial charge in [-0.05, 0) is 51.5 Å². The molecule has 0 saturated heterocycles. The van der Waals surface area contributed by atoms with Crippen LogP contribution in [0.15, 0.2) is 109 Å². The van der Waals surface area contributed by atoms with Crippen LogP contribution in [0.4, 0.5) is 0 Å². The first-order valence-corrected chi connectivity index (χ1v) is 10.0. The zero-order valence-corrected chi connectivity index (χ0v) is 19.4. The Balaban J connectivity index is 0.000000164. The second kappa shape index (κ2) is 10.1. The molecule has 1 radical (unpaired) electrons. The summed E-state index contributed by atoms with van der Waals surface area (Å²) in [6, 6.07) is 34.9. The summed E-state index contributed by atoms with van der Waals surface area (Å²) in [7, 11) is 0.